The lowest BCUT2D eigenvalue weighted by molar-refractivity contribution is 0.0688. The van der Waals surface area contributed by atoms with E-state index >= 15 is 0 Å². The van der Waals surface area contributed by atoms with Gasteiger partial charge in [-0.3, -0.25) is 4.79 Å². The van der Waals surface area contributed by atoms with Gasteiger partial charge in [-0.05, 0) is 61.9 Å². The maximum Gasteiger partial charge on any atom is 0.259 e. The summed E-state index contributed by atoms with van der Waals surface area (Å²) >= 11 is 0. The molecule has 0 fully saturated rings. The van der Waals surface area contributed by atoms with Gasteiger partial charge in [0.2, 0.25) is 0 Å². The van der Waals surface area contributed by atoms with E-state index in [1.54, 1.807) is 12.1 Å². The van der Waals surface area contributed by atoms with Crippen LogP contribution in [0.15, 0.2) is 30.1 Å². The molecule has 0 saturated heterocycles. The van der Waals surface area contributed by atoms with Crippen LogP contribution in [0.5, 0.6) is 5.75 Å². The summed E-state index contributed by atoms with van der Waals surface area (Å²) in [6, 6.07) is 5.52. The van der Waals surface area contributed by atoms with Crippen molar-refractivity contribution in [3.63, 3.8) is 0 Å². The van der Waals surface area contributed by atoms with E-state index in [9.17, 15) is 9.18 Å². The van der Waals surface area contributed by atoms with Gasteiger partial charge in [0.05, 0.1) is 6.33 Å². The molecule has 0 unspecified atom stereocenters. The van der Waals surface area contributed by atoms with Crippen molar-refractivity contribution in [3.8, 4) is 11.7 Å². The summed E-state index contributed by atoms with van der Waals surface area (Å²) < 4.78 is 18.3. The van der Waals surface area contributed by atoms with Gasteiger partial charge in [-0.15, -0.1) is 0 Å². The molecule has 1 aliphatic rings. The molecule has 1 amide bonds. The predicted molar refractivity (Wildman–Crippen MR) is 87.2 cm³/mol. The first-order valence-corrected chi connectivity index (χ1v) is 7.63. The highest BCUT2D eigenvalue weighted by Crippen LogP contribution is 2.25. The van der Waals surface area contributed by atoms with Gasteiger partial charge < -0.3 is 9.64 Å². The summed E-state index contributed by atoms with van der Waals surface area (Å²) in [4.78, 5) is 14.2. The molecule has 1 heterocycles. The Morgan fingerprint density at radius 1 is 1.57 bits per heavy atom. The SMILES string of the molecule is CC(C)N1CCc2cc(OC/C(=C/F)C[B]C#N)ccc2C1=O. The van der Waals surface area contributed by atoms with Crippen LogP contribution in [0.4, 0.5) is 4.39 Å². The Hall–Kier alpha value is -2.29. The number of nitriles is 1. The van der Waals surface area contributed by atoms with Gasteiger partial charge in [-0.1, -0.05) is 0 Å². The maximum atomic E-state index is 12.7. The summed E-state index contributed by atoms with van der Waals surface area (Å²) in [5, 5.41) is 8.48. The molecule has 1 aromatic carbocycles. The van der Waals surface area contributed by atoms with Crippen molar-refractivity contribution in [2.75, 3.05) is 13.2 Å². The molecule has 0 aromatic heterocycles. The number of benzene rings is 1. The zero-order valence-corrected chi connectivity index (χ0v) is 13.4. The van der Waals surface area contributed by atoms with E-state index in [4.69, 9.17) is 10.00 Å². The molecule has 0 atom stereocenters. The van der Waals surface area contributed by atoms with Crippen molar-refractivity contribution in [2.45, 2.75) is 32.6 Å². The summed E-state index contributed by atoms with van der Waals surface area (Å²) in [6.07, 6.45) is 1.49. The lowest BCUT2D eigenvalue weighted by Gasteiger charge is -2.32. The monoisotopic (exact) mass is 313 g/mol. The van der Waals surface area contributed by atoms with E-state index in [2.05, 4.69) is 0 Å². The second-order valence-corrected chi connectivity index (χ2v) is 5.75. The number of rotatable bonds is 6. The van der Waals surface area contributed by atoms with Crippen LogP contribution in [-0.4, -0.2) is 37.3 Å². The highest BCUT2D eigenvalue weighted by atomic mass is 19.1. The zero-order valence-electron chi connectivity index (χ0n) is 13.4. The molecule has 119 valence electrons. The molecule has 2 rings (SSSR count). The number of nitrogens with zero attached hydrogens (tertiary/aromatic N) is 2. The molecule has 1 radical (unpaired) electrons. The van der Waals surface area contributed by atoms with Gasteiger partial charge in [-0.25, -0.2) is 9.65 Å². The van der Waals surface area contributed by atoms with E-state index in [0.29, 0.717) is 29.8 Å². The topological polar surface area (TPSA) is 53.3 Å². The molecule has 0 N–H and O–H groups in total. The van der Waals surface area contributed by atoms with E-state index in [1.165, 1.54) is 7.28 Å². The Kier molecular flexibility index (Phi) is 5.81. The van der Waals surface area contributed by atoms with Crippen molar-refractivity contribution in [1.29, 1.82) is 5.26 Å². The van der Waals surface area contributed by atoms with Crippen LogP contribution in [0.3, 0.4) is 0 Å². The number of fused-ring (bicyclic) bond motifs is 1. The number of carbonyl (C=O) groups is 1. The molecule has 23 heavy (non-hydrogen) atoms. The molecule has 0 aliphatic carbocycles. The molecule has 0 spiro atoms. The quantitative estimate of drug-likeness (QED) is 0.759. The molecular formula is C17H19BFN2O2. The first-order chi connectivity index (χ1) is 11.1. The Bertz CT molecular complexity index is 652. The van der Waals surface area contributed by atoms with Crippen molar-refractivity contribution >= 4 is 13.2 Å². The summed E-state index contributed by atoms with van der Waals surface area (Å²) in [7, 11) is 1.32. The third-order valence-corrected chi connectivity index (χ3v) is 3.85. The van der Waals surface area contributed by atoms with Crippen LogP contribution < -0.4 is 4.74 Å². The van der Waals surface area contributed by atoms with Crippen LogP contribution in [-0.2, 0) is 6.42 Å². The summed E-state index contributed by atoms with van der Waals surface area (Å²) in [5.74, 6) is 2.50. The minimum Gasteiger partial charge on any atom is -0.489 e. The lowest BCUT2D eigenvalue weighted by Crippen LogP contribution is -2.42. The van der Waals surface area contributed by atoms with E-state index < -0.39 is 0 Å². The van der Waals surface area contributed by atoms with Gasteiger partial charge in [0.25, 0.3) is 13.2 Å². The number of halogens is 1. The average Bonchev–Trinajstić information content (AvgIpc) is 2.55. The first kappa shape index (κ1) is 17.1. The maximum absolute atomic E-state index is 12.7. The second-order valence-electron chi connectivity index (χ2n) is 5.75. The summed E-state index contributed by atoms with van der Waals surface area (Å²) in [6.45, 7) is 4.78. The molecule has 4 nitrogen and oxygen atoms in total. The molecule has 0 saturated carbocycles. The Labute approximate surface area is 136 Å². The molecule has 0 bridgehead atoms. The van der Waals surface area contributed by atoms with Gasteiger partial charge >= 0.3 is 0 Å². The Balaban J connectivity index is 2.05. The zero-order chi connectivity index (χ0) is 16.8. The highest BCUT2D eigenvalue weighted by Gasteiger charge is 2.26. The third kappa shape index (κ3) is 4.13. The van der Waals surface area contributed by atoms with Crippen molar-refractivity contribution < 1.29 is 13.9 Å². The second kappa shape index (κ2) is 7.82. The fraction of sp³-hybridized carbons (Fsp3) is 0.412. The highest BCUT2D eigenvalue weighted by molar-refractivity contribution is 6.45. The summed E-state index contributed by atoms with van der Waals surface area (Å²) in [5.41, 5.74) is 2.06. The van der Waals surface area contributed by atoms with Crippen LogP contribution in [0.25, 0.3) is 0 Å². The molecular weight excluding hydrogens is 294 g/mol. The number of carbonyl (C=O) groups excluding carboxylic acids is 1. The van der Waals surface area contributed by atoms with Crippen molar-refractivity contribution in [2.24, 2.45) is 0 Å². The van der Waals surface area contributed by atoms with Gasteiger partial charge in [0.1, 0.15) is 12.4 Å². The van der Waals surface area contributed by atoms with Crippen LogP contribution in [0.2, 0.25) is 6.32 Å². The van der Waals surface area contributed by atoms with Crippen molar-refractivity contribution in [3.05, 3.63) is 41.2 Å². The van der Waals surface area contributed by atoms with Gasteiger partial charge in [-0.2, -0.15) is 0 Å². The standard InChI is InChI=1S/C17H19BFN2O2/c1-12(2)21-6-5-14-7-15(3-4-16(14)17(21)22)23-10-13(9-19)8-18-11-20/h3-4,7,9,12H,5-6,8,10H2,1-2H3/b13-9+. The lowest BCUT2D eigenvalue weighted by atomic mass is 9.74. The van der Waals surface area contributed by atoms with E-state index in [0.717, 1.165) is 12.0 Å². The molecule has 1 aromatic rings. The predicted octanol–water partition coefficient (Wildman–Crippen LogP) is 2.93. The molecule has 6 heteroatoms. The van der Waals surface area contributed by atoms with Crippen LogP contribution in [0, 0.1) is 11.2 Å². The smallest absolute Gasteiger partial charge is 0.259 e. The minimum atomic E-state index is 0.0424. The molecule has 1 aliphatic heterocycles. The Morgan fingerprint density at radius 2 is 2.35 bits per heavy atom. The van der Waals surface area contributed by atoms with Crippen LogP contribution >= 0.6 is 0 Å². The van der Waals surface area contributed by atoms with Crippen LogP contribution in [0.1, 0.15) is 29.8 Å². The Morgan fingerprint density at radius 3 is 3.00 bits per heavy atom. The fourth-order valence-corrected chi connectivity index (χ4v) is 2.55. The average molecular weight is 313 g/mol. The fourth-order valence-electron chi connectivity index (χ4n) is 2.55. The van der Waals surface area contributed by atoms with Crippen molar-refractivity contribution in [1.82, 2.24) is 4.90 Å². The first-order valence-electron chi connectivity index (χ1n) is 7.63. The number of ether oxygens (including phenoxy) is 1. The van der Waals surface area contributed by atoms with Gasteiger partial charge in [0.15, 0.2) is 0 Å². The van der Waals surface area contributed by atoms with E-state index in [1.807, 2.05) is 30.8 Å². The largest absolute Gasteiger partial charge is 0.489 e. The number of amides is 1. The normalized spacial score (nSPS) is 14.5. The van der Waals surface area contributed by atoms with Gasteiger partial charge in [0, 0.05) is 18.2 Å². The van der Waals surface area contributed by atoms with E-state index in [-0.39, 0.29) is 24.9 Å². The number of hydrogen-bond donors (Lipinski definition) is 0. The minimum absolute atomic E-state index is 0.0424. The third-order valence-electron chi connectivity index (χ3n) is 3.85. The number of hydrogen-bond acceptors (Lipinski definition) is 3.